The summed E-state index contributed by atoms with van der Waals surface area (Å²) in [6.07, 6.45) is 0.872. The van der Waals surface area contributed by atoms with Gasteiger partial charge in [0.1, 0.15) is 5.75 Å². The first kappa shape index (κ1) is 19.7. The maximum absolute atomic E-state index is 12.9. The molecule has 0 unspecified atom stereocenters. The number of amides is 2. The van der Waals surface area contributed by atoms with E-state index in [0.717, 1.165) is 23.3 Å². The number of rotatable bonds is 6. The summed E-state index contributed by atoms with van der Waals surface area (Å²) in [4.78, 5) is 25.6. The topological polar surface area (TPSA) is 67.4 Å². The van der Waals surface area contributed by atoms with Gasteiger partial charge in [0.05, 0.1) is 25.1 Å². The molecule has 0 saturated heterocycles. The standard InChI is InChI=1S/C25H24N2O3/c28-24(26-21-15-16-30-23-14-8-7-13-20(21)23)17-22(18-9-3-1-4-10-18)27-25(29)19-11-5-2-6-12-19/h1-14,21-22H,15-17H2,(H,26,28)(H,27,29)/t21-,22+/m1/s1. The van der Waals surface area contributed by atoms with Crippen LogP contribution in [0.15, 0.2) is 84.9 Å². The Morgan fingerprint density at radius 3 is 2.33 bits per heavy atom. The number of nitrogens with one attached hydrogen (secondary N) is 2. The predicted octanol–water partition coefficient (Wildman–Crippen LogP) is 4.19. The van der Waals surface area contributed by atoms with E-state index < -0.39 is 6.04 Å². The van der Waals surface area contributed by atoms with Gasteiger partial charge in [-0.25, -0.2) is 0 Å². The van der Waals surface area contributed by atoms with E-state index >= 15 is 0 Å². The largest absolute Gasteiger partial charge is 0.493 e. The van der Waals surface area contributed by atoms with E-state index in [1.807, 2.05) is 72.8 Å². The molecular weight excluding hydrogens is 376 g/mol. The number of para-hydroxylation sites is 1. The van der Waals surface area contributed by atoms with Crippen LogP contribution in [-0.2, 0) is 4.79 Å². The van der Waals surface area contributed by atoms with Crippen LogP contribution in [0.1, 0.15) is 46.4 Å². The maximum atomic E-state index is 12.9. The van der Waals surface area contributed by atoms with E-state index in [1.54, 1.807) is 12.1 Å². The van der Waals surface area contributed by atoms with Crippen molar-refractivity contribution in [2.75, 3.05) is 6.61 Å². The summed E-state index contributed by atoms with van der Waals surface area (Å²) in [6.45, 7) is 0.564. The van der Waals surface area contributed by atoms with Gasteiger partial charge in [0, 0.05) is 17.5 Å². The van der Waals surface area contributed by atoms with Gasteiger partial charge >= 0.3 is 0 Å². The van der Waals surface area contributed by atoms with Crippen molar-refractivity contribution in [2.24, 2.45) is 0 Å². The van der Waals surface area contributed by atoms with E-state index in [1.165, 1.54) is 0 Å². The zero-order valence-electron chi connectivity index (χ0n) is 16.6. The fraction of sp³-hybridized carbons (Fsp3) is 0.200. The molecule has 0 aromatic heterocycles. The Morgan fingerprint density at radius 2 is 1.57 bits per heavy atom. The molecule has 30 heavy (non-hydrogen) atoms. The molecule has 5 heteroatoms. The molecule has 0 spiro atoms. The number of hydrogen-bond donors (Lipinski definition) is 2. The molecule has 4 rings (SSSR count). The number of benzene rings is 3. The number of hydrogen-bond acceptors (Lipinski definition) is 3. The van der Waals surface area contributed by atoms with Crippen LogP contribution in [-0.4, -0.2) is 18.4 Å². The van der Waals surface area contributed by atoms with E-state index in [0.29, 0.717) is 12.2 Å². The second-order valence-corrected chi connectivity index (χ2v) is 7.30. The monoisotopic (exact) mass is 400 g/mol. The van der Waals surface area contributed by atoms with Gasteiger partial charge in [-0.05, 0) is 23.8 Å². The Labute approximate surface area is 176 Å². The van der Waals surface area contributed by atoms with Gasteiger partial charge in [-0.3, -0.25) is 9.59 Å². The quantitative estimate of drug-likeness (QED) is 0.652. The minimum atomic E-state index is -0.422. The number of carbonyl (C=O) groups excluding carboxylic acids is 2. The molecule has 0 fully saturated rings. The van der Waals surface area contributed by atoms with Crippen LogP contribution in [0.2, 0.25) is 0 Å². The van der Waals surface area contributed by atoms with Crippen LogP contribution in [0.3, 0.4) is 0 Å². The van der Waals surface area contributed by atoms with Crippen LogP contribution in [0, 0.1) is 0 Å². The second kappa shape index (κ2) is 9.27. The van der Waals surface area contributed by atoms with Crippen molar-refractivity contribution < 1.29 is 14.3 Å². The lowest BCUT2D eigenvalue weighted by Crippen LogP contribution is -2.36. The lowest BCUT2D eigenvalue weighted by molar-refractivity contribution is -0.122. The van der Waals surface area contributed by atoms with E-state index in [2.05, 4.69) is 10.6 Å². The Balaban J connectivity index is 1.48. The Kier molecular flexibility index (Phi) is 6.09. The highest BCUT2D eigenvalue weighted by atomic mass is 16.5. The van der Waals surface area contributed by atoms with Gasteiger partial charge in [0.2, 0.25) is 5.91 Å². The van der Waals surface area contributed by atoms with Crippen molar-refractivity contribution in [3.63, 3.8) is 0 Å². The van der Waals surface area contributed by atoms with Crippen LogP contribution >= 0.6 is 0 Å². The van der Waals surface area contributed by atoms with Crippen LogP contribution < -0.4 is 15.4 Å². The zero-order chi connectivity index (χ0) is 20.8. The summed E-state index contributed by atoms with van der Waals surface area (Å²) < 4.78 is 5.68. The van der Waals surface area contributed by atoms with E-state index in [9.17, 15) is 9.59 Å². The molecule has 1 aliphatic heterocycles. The summed E-state index contributed by atoms with van der Waals surface area (Å²) >= 11 is 0. The zero-order valence-corrected chi connectivity index (χ0v) is 16.6. The highest BCUT2D eigenvalue weighted by molar-refractivity contribution is 5.94. The Morgan fingerprint density at radius 1 is 0.900 bits per heavy atom. The molecule has 2 N–H and O–H groups in total. The lowest BCUT2D eigenvalue weighted by Gasteiger charge is -2.27. The molecule has 0 bridgehead atoms. The first-order valence-electron chi connectivity index (χ1n) is 10.1. The summed E-state index contributed by atoms with van der Waals surface area (Å²) in [5.41, 5.74) is 2.45. The number of fused-ring (bicyclic) bond motifs is 1. The lowest BCUT2D eigenvalue weighted by atomic mass is 9.99. The summed E-state index contributed by atoms with van der Waals surface area (Å²) in [7, 11) is 0. The van der Waals surface area contributed by atoms with Gasteiger partial charge in [0.25, 0.3) is 5.91 Å². The third-order valence-corrected chi connectivity index (χ3v) is 5.23. The fourth-order valence-corrected chi connectivity index (χ4v) is 3.70. The highest BCUT2D eigenvalue weighted by Gasteiger charge is 2.25. The molecule has 2 amide bonds. The Hall–Kier alpha value is -3.60. The van der Waals surface area contributed by atoms with Crippen molar-refractivity contribution >= 4 is 11.8 Å². The highest BCUT2D eigenvalue weighted by Crippen LogP contribution is 2.31. The van der Waals surface area contributed by atoms with E-state index in [4.69, 9.17) is 4.74 Å². The number of ether oxygens (including phenoxy) is 1. The average Bonchev–Trinajstić information content (AvgIpc) is 2.80. The molecule has 3 aromatic rings. The first-order chi connectivity index (χ1) is 14.7. The molecule has 0 radical (unpaired) electrons. The molecule has 152 valence electrons. The molecule has 1 aliphatic rings. The van der Waals surface area contributed by atoms with Crippen molar-refractivity contribution in [1.29, 1.82) is 0 Å². The minimum Gasteiger partial charge on any atom is -0.493 e. The van der Waals surface area contributed by atoms with Gasteiger partial charge in [-0.15, -0.1) is 0 Å². The van der Waals surface area contributed by atoms with Crippen LogP contribution in [0.5, 0.6) is 5.75 Å². The van der Waals surface area contributed by atoms with Gasteiger partial charge < -0.3 is 15.4 Å². The minimum absolute atomic E-state index is 0.0938. The Bertz CT molecular complexity index is 1010. The SMILES string of the molecule is O=C(C[C@H](NC(=O)c1ccccc1)c1ccccc1)N[C@@H]1CCOc2ccccc21. The van der Waals surface area contributed by atoms with Gasteiger partial charge in [-0.1, -0.05) is 66.7 Å². The van der Waals surface area contributed by atoms with Crippen molar-refractivity contribution in [3.05, 3.63) is 102 Å². The third kappa shape index (κ3) is 4.69. The molecule has 5 nitrogen and oxygen atoms in total. The van der Waals surface area contributed by atoms with Crippen LogP contribution in [0.25, 0.3) is 0 Å². The van der Waals surface area contributed by atoms with Crippen molar-refractivity contribution in [1.82, 2.24) is 10.6 Å². The molecule has 0 saturated carbocycles. The molecular formula is C25H24N2O3. The average molecular weight is 400 g/mol. The molecule has 1 heterocycles. The summed E-state index contributed by atoms with van der Waals surface area (Å²) in [6, 6.07) is 25.9. The predicted molar refractivity (Wildman–Crippen MR) is 115 cm³/mol. The summed E-state index contributed by atoms with van der Waals surface area (Å²) in [5.74, 6) is 0.499. The smallest absolute Gasteiger partial charge is 0.251 e. The molecule has 0 aliphatic carbocycles. The molecule has 3 aromatic carbocycles. The van der Waals surface area contributed by atoms with Crippen molar-refractivity contribution in [2.45, 2.75) is 24.9 Å². The van der Waals surface area contributed by atoms with Crippen molar-refractivity contribution in [3.8, 4) is 5.75 Å². The molecule has 2 atom stereocenters. The van der Waals surface area contributed by atoms with Gasteiger partial charge in [0.15, 0.2) is 0 Å². The van der Waals surface area contributed by atoms with Gasteiger partial charge in [-0.2, -0.15) is 0 Å². The first-order valence-corrected chi connectivity index (χ1v) is 10.1. The third-order valence-electron chi connectivity index (χ3n) is 5.23. The maximum Gasteiger partial charge on any atom is 0.251 e. The number of carbonyl (C=O) groups is 2. The second-order valence-electron chi connectivity index (χ2n) is 7.30. The van der Waals surface area contributed by atoms with E-state index in [-0.39, 0.29) is 24.3 Å². The summed E-state index contributed by atoms with van der Waals surface area (Å²) in [5, 5.41) is 6.13. The van der Waals surface area contributed by atoms with Crippen LogP contribution in [0.4, 0.5) is 0 Å². The fourth-order valence-electron chi connectivity index (χ4n) is 3.70. The normalized spacial score (nSPS) is 15.9.